The predicted molar refractivity (Wildman–Crippen MR) is 100 cm³/mol. The number of hydrogen-bond donors (Lipinski definition) is 1. The predicted octanol–water partition coefficient (Wildman–Crippen LogP) is 3.35. The topological polar surface area (TPSA) is 57.6 Å². The van der Waals surface area contributed by atoms with E-state index >= 15 is 0 Å². The monoisotopic (exact) mass is 353 g/mol. The lowest BCUT2D eigenvalue weighted by Gasteiger charge is -2.34. The zero-order valence-electron chi connectivity index (χ0n) is 15.4. The van der Waals surface area contributed by atoms with Crippen molar-refractivity contribution < 1.29 is 14.7 Å². The number of aliphatic hydroxyl groups excluding tert-OH is 1. The molecule has 0 radical (unpaired) electrons. The molecule has 0 unspecified atom stereocenters. The maximum Gasteiger partial charge on any atom is 0.227 e. The summed E-state index contributed by atoms with van der Waals surface area (Å²) in [6.45, 7) is 2.25. The van der Waals surface area contributed by atoms with Crippen LogP contribution in [0.25, 0.3) is 5.57 Å². The number of aliphatic hydroxyl groups is 1. The Balaban J connectivity index is 1.59. The molecule has 3 aliphatic rings. The summed E-state index contributed by atoms with van der Waals surface area (Å²) in [6.07, 6.45) is 5.24. The summed E-state index contributed by atoms with van der Waals surface area (Å²) in [5, 5.41) is 9.95. The summed E-state index contributed by atoms with van der Waals surface area (Å²) in [5.74, 6) is 0.188. The van der Waals surface area contributed by atoms with Gasteiger partial charge in [-0.3, -0.25) is 9.59 Å². The molecule has 4 heteroatoms. The van der Waals surface area contributed by atoms with Gasteiger partial charge in [0.2, 0.25) is 5.91 Å². The van der Waals surface area contributed by atoms with Crippen LogP contribution in [-0.2, 0) is 9.59 Å². The van der Waals surface area contributed by atoms with E-state index in [-0.39, 0.29) is 42.2 Å². The third kappa shape index (κ3) is 2.62. The summed E-state index contributed by atoms with van der Waals surface area (Å²) in [5.41, 5.74) is 2.66. The highest BCUT2D eigenvalue weighted by atomic mass is 16.3. The standard InChI is InChI=1S/C22H27NO3/c1-2-22(14-24)13-16-8-11-20(22)23(16)21(26)12-18-17(9-10-19(18)25)15-6-4-3-5-7-15/h3-7,16,20,24H,2,8-14H2,1H3/t16-,20+,22-/m0/s1. The molecule has 2 bridgehead atoms. The van der Waals surface area contributed by atoms with E-state index < -0.39 is 0 Å². The van der Waals surface area contributed by atoms with Crippen molar-refractivity contribution in [2.24, 2.45) is 5.41 Å². The molecule has 1 aromatic carbocycles. The van der Waals surface area contributed by atoms with Gasteiger partial charge in [-0.05, 0) is 43.2 Å². The average Bonchev–Trinajstić information content (AvgIpc) is 3.34. The number of fused-ring (bicyclic) bond motifs is 2. The molecular weight excluding hydrogens is 326 g/mol. The SMILES string of the molecule is CC[C@@]1(CO)C[C@@H]2CC[C@H]1N2C(=O)CC1=C(c2ccccc2)CCC1=O. The van der Waals surface area contributed by atoms with Gasteiger partial charge in [-0.25, -0.2) is 0 Å². The first-order valence-electron chi connectivity index (χ1n) is 9.82. The second kappa shape index (κ2) is 6.66. The third-order valence-corrected chi connectivity index (χ3v) is 6.91. The van der Waals surface area contributed by atoms with Crippen LogP contribution in [0.5, 0.6) is 0 Å². The molecule has 1 N–H and O–H groups in total. The van der Waals surface area contributed by atoms with Crippen molar-refractivity contribution in [3.8, 4) is 0 Å². The molecule has 3 atom stereocenters. The number of hydrogen-bond acceptors (Lipinski definition) is 3. The fourth-order valence-corrected chi connectivity index (χ4v) is 5.44. The van der Waals surface area contributed by atoms with Crippen LogP contribution in [0.15, 0.2) is 35.9 Å². The highest BCUT2D eigenvalue weighted by Crippen LogP contribution is 2.52. The lowest BCUT2D eigenvalue weighted by molar-refractivity contribution is -0.133. The van der Waals surface area contributed by atoms with Crippen molar-refractivity contribution in [1.82, 2.24) is 4.90 Å². The van der Waals surface area contributed by atoms with Crippen LogP contribution in [0.2, 0.25) is 0 Å². The fourth-order valence-electron chi connectivity index (χ4n) is 5.44. The normalized spacial score (nSPS) is 30.5. The minimum absolute atomic E-state index is 0.0694. The zero-order chi connectivity index (χ0) is 18.3. The van der Waals surface area contributed by atoms with Gasteiger partial charge < -0.3 is 10.0 Å². The van der Waals surface area contributed by atoms with Crippen molar-refractivity contribution in [3.05, 3.63) is 41.5 Å². The number of ketones is 1. The number of benzene rings is 1. The molecule has 0 saturated carbocycles. The van der Waals surface area contributed by atoms with Crippen LogP contribution in [0.3, 0.4) is 0 Å². The Hall–Kier alpha value is -1.94. The molecule has 138 valence electrons. The van der Waals surface area contributed by atoms with Gasteiger partial charge in [0.15, 0.2) is 5.78 Å². The molecule has 0 spiro atoms. The summed E-state index contributed by atoms with van der Waals surface area (Å²) >= 11 is 0. The molecule has 4 nitrogen and oxygen atoms in total. The van der Waals surface area contributed by atoms with Crippen molar-refractivity contribution in [1.29, 1.82) is 0 Å². The Bertz CT molecular complexity index is 748. The molecule has 1 aliphatic carbocycles. The van der Waals surface area contributed by atoms with Gasteiger partial charge in [0.25, 0.3) is 0 Å². The lowest BCUT2D eigenvalue weighted by atomic mass is 9.72. The summed E-state index contributed by atoms with van der Waals surface area (Å²) in [4.78, 5) is 27.6. The smallest absolute Gasteiger partial charge is 0.227 e. The minimum atomic E-state index is -0.144. The average molecular weight is 353 g/mol. The van der Waals surface area contributed by atoms with Gasteiger partial charge in [0.05, 0.1) is 13.0 Å². The van der Waals surface area contributed by atoms with E-state index in [4.69, 9.17) is 0 Å². The number of carbonyl (C=O) groups is 2. The van der Waals surface area contributed by atoms with E-state index in [0.29, 0.717) is 12.0 Å². The van der Waals surface area contributed by atoms with Gasteiger partial charge in [-0.2, -0.15) is 0 Å². The first kappa shape index (κ1) is 17.5. The molecule has 1 aromatic rings. The van der Waals surface area contributed by atoms with Crippen LogP contribution in [-0.4, -0.2) is 40.4 Å². The lowest BCUT2D eigenvalue weighted by Crippen LogP contribution is -2.42. The number of amides is 1. The Morgan fingerprint density at radius 2 is 2.00 bits per heavy atom. The highest BCUT2D eigenvalue weighted by Gasteiger charge is 2.56. The van der Waals surface area contributed by atoms with E-state index in [1.54, 1.807) is 0 Å². The molecular formula is C22H27NO3. The number of Topliss-reactive ketones (excluding diaryl/α,β-unsaturated/α-hetero) is 1. The third-order valence-electron chi connectivity index (χ3n) is 6.91. The molecule has 1 amide bonds. The molecule has 2 aliphatic heterocycles. The summed E-state index contributed by atoms with van der Waals surface area (Å²) < 4.78 is 0. The maximum atomic E-state index is 13.2. The van der Waals surface area contributed by atoms with Crippen LogP contribution < -0.4 is 0 Å². The Morgan fingerprint density at radius 1 is 1.23 bits per heavy atom. The van der Waals surface area contributed by atoms with Gasteiger partial charge in [0, 0.05) is 29.5 Å². The molecule has 2 fully saturated rings. The van der Waals surface area contributed by atoms with E-state index in [9.17, 15) is 14.7 Å². The largest absolute Gasteiger partial charge is 0.396 e. The first-order chi connectivity index (χ1) is 12.6. The van der Waals surface area contributed by atoms with Crippen molar-refractivity contribution in [2.45, 2.75) is 64.0 Å². The maximum absolute atomic E-state index is 13.2. The summed E-state index contributed by atoms with van der Waals surface area (Å²) in [6, 6.07) is 10.3. The summed E-state index contributed by atoms with van der Waals surface area (Å²) in [7, 11) is 0. The number of allylic oxidation sites excluding steroid dienone is 1. The van der Waals surface area contributed by atoms with Crippen molar-refractivity contribution in [3.63, 3.8) is 0 Å². The number of carbonyl (C=O) groups excluding carboxylic acids is 2. The first-order valence-corrected chi connectivity index (χ1v) is 9.82. The fraction of sp³-hybridized carbons (Fsp3) is 0.545. The number of rotatable bonds is 5. The van der Waals surface area contributed by atoms with Gasteiger partial charge in [0.1, 0.15) is 0 Å². The quantitative estimate of drug-likeness (QED) is 0.883. The number of nitrogens with zero attached hydrogens (tertiary/aromatic N) is 1. The van der Waals surface area contributed by atoms with E-state index in [1.807, 2.05) is 35.2 Å². The Morgan fingerprint density at radius 3 is 2.65 bits per heavy atom. The molecule has 4 rings (SSSR count). The van der Waals surface area contributed by atoms with Crippen LogP contribution in [0.1, 0.15) is 57.4 Å². The Labute approximate surface area is 154 Å². The van der Waals surface area contributed by atoms with Gasteiger partial charge in [-0.15, -0.1) is 0 Å². The van der Waals surface area contributed by atoms with E-state index in [2.05, 4.69) is 6.92 Å². The molecule has 26 heavy (non-hydrogen) atoms. The molecule has 2 saturated heterocycles. The minimum Gasteiger partial charge on any atom is -0.396 e. The van der Waals surface area contributed by atoms with Crippen molar-refractivity contribution >= 4 is 17.3 Å². The molecule has 2 heterocycles. The van der Waals surface area contributed by atoms with Crippen molar-refractivity contribution in [2.75, 3.05) is 6.61 Å². The van der Waals surface area contributed by atoms with Crippen LogP contribution >= 0.6 is 0 Å². The van der Waals surface area contributed by atoms with Crippen LogP contribution in [0.4, 0.5) is 0 Å². The Kier molecular flexibility index (Phi) is 4.47. The second-order valence-corrected chi connectivity index (χ2v) is 8.05. The van der Waals surface area contributed by atoms with E-state index in [1.165, 1.54) is 0 Å². The zero-order valence-corrected chi connectivity index (χ0v) is 15.4. The van der Waals surface area contributed by atoms with Gasteiger partial charge >= 0.3 is 0 Å². The van der Waals surface area contributed by atoms with Crippen LogP contribution in [0, 0.1) is 5.41 Å². The highest BCUT2D eigenvalue weighted by molar-refractivity contribution is 6.10. The molecule has 0 aromatic heterocycles. The second-order valence-electron chi connectivity index (χ2n) is 8.05. The van der Waals surface area contributed by atoms with E-state index in [0.717, 1.165) is 43.2 Å². The van der Waals surface area contributed by atoms with Gasteiger partial charge in [-0.1, -0.05) is 37.3 Å².